The van der Waals surface area contributed by atoms with Crippen molar-refractivity contribution in [1.82, 2.24) is 10.2 Å². The fourth-order valence-corrected chi connectivity index (χ4v) is 1.24. The molecule has 0 saturated heterocycles. The minimum atomic E-state index is -0.329. The van der Waals surface area contributed by atoms with E-state index in [1.54, 1.807) is 18.5 Å². The Morgan fingerprint density at radius 3 is 3.00 bits per heavy atom. The van der Waals surface area contributed by atoms with Crippen LogP contribution in [0.5, 0.6) is 5.75 Å². The van der Waals surface area contributed by atoms with Gasteiger partial charge in [0, 0.05) is 12.3 Å². The highest BCUT2D eigenvalue weighted by molar-refractivity contribution is 5.65. The maximum Gasteiger partial charge on any atom is 0.145 e. The number of aromatic amines is 1. The molecule has 0 amide bonds. The predicted octanol–water partition coefficient (Wildman–Crippen LogP) is 2.30. The summed E-state index contributed by atoms with van der Waals surface area (Å²) in [6.45, 7) is 0. The molecule has 0 radical (unpaired) electrons. The molecule has 0 spiro atoms. The summed E-state index contributed by atoms with van der Waals surface area (Å²) in [7, 11) is 1.50. The lowest BCUT2D eigenvalue weighted by molar-refractivity contribution is 0.413. The second-order valence-electron chi connectivity index (χ2n) is 2.96. The van der Waals surface area contributed by atoms with E-state index in [0.29, 0.717) is 11.4 Å². The largest absolute Gasteiger partial charge is 0.494 e. The number of hydrogen-bond acceptors (Lipinski definition) is 3. The molecule has 1 heterocycles. The zero-order chi connectivity index (χ0) is 10.7. The Balaban J connectivity index is 2.28. The molecule has 78 valence electrons. The lowest BCUT2D eigenvalue weighted by atomic mass is 10.3. The number of nitrogens with zero attached hydrogens (tertiary/aromatic N) is 1. The molecule has 0 aliphatic rings. The fourth-order valence-electron chi connectivity index (χ4n) is 1.24. The molecule has 0 fully saturated rings. The maximum absolute atomic E-state index is 12.9. The molecule has 2 aromatic rings. The van der Waals surface area contributed by atoms with E-state index < -0.39 is 0 Å². The average Bonchev–Trinajstić information content (AvgIpc) is 2.73. The fraction of sp³-hybridized carbons (Fsp3) is 0.100. The van der Waals surface area contributed by atoms with E-state index in [9.17, 15) is 4.39 Å². The molecule has 5 heteroatoms. The molecular formula is C10H10FN3O. The van der Waals surface area contributed by atoms with Crippen LogP contribution in [0.1, 0.15) is 0 Å². The first-order chi connectivity index (χ1) is 7.29. The minimum absolute atomic E-state index is 0.329. The van der Waals surface area contributed by atoms with E-state index in [4.69, 9.17) is 4.74 Å². The lowest BCUT2D eigenvalue weighted by Gasteiger charge is -2.09. The first kappa shape index (κ1) is 9.51. The summed E-state index contributed by atoms with van der Waals surface area (Å²) in [6, 6.07) is 4.30. The van der Waals surface area contributed by atoms with Gasteiger partial charge in [-0.05, 0) is 12.1 Å². The van der Waals surface area contributed by atoms with Crippen molar-refractivity contribution < 1.29 is 9.13 Å². The molecule has 4 nitrogen and oxygen atoms in total. The second-order valence-corrected chi connectivity index (χ2v) is 2.96. The van der Waals surface area contributed by atoms with Gasteiger partial charge < -0.3 is 10.1 Å². The van der Waals surface area contributed by atoms with Crippen LogP contribution in [0.3, 0.4) is 0 Å². The first-order valence-corrected chi connectivity index (χ1v) is 4.39. The van der Waals surface area contributed by atoms with Crippen molar-refractivity contribution in [3.63, 3.8) is 0 Å². The number of ether oxygens (including phenoxy) is 1. The molecule has 0 aliphatic carbocycles. The third-order valence-corrected chi connectivity index (χ3v) is 1.94. The van der Waals surface area contributed by atoms with Gasteiger partial charge in [-0.25, -0.2) is 4.39 Å². The summed E-state index contributed by atoms with van der Waals surface area (Å²) in [5, 5.41) is 9.51. The number of halogens is 1. The monoisotopic (exact) mass is 207 g/mol. The van der Waals surface area contributed by atoms with E-state index in [1.165, 1.54) is 19.2 Å². The molecule has 2 N–H and O–H groups in total. The second kappa shape index (κ2) is 4.00. The topological polar surface area (TPSA) is 49.9 Å². The van der Waals surface area contributed by atoms with Gasteiger partial charge in [0.1, 0.15) is 11.6 Å². The maximum atomic E-state index is 12.9. The Kier molecular flexibility index (Phi) is 2.53. The van der Waals surface area contributed by atoms with E-state index >= 15 is 0 Å². The van der Waals surface area contributed by atoms with Gasteiger partial charge >= 0.3 is 0 Å². The van der Waals surface area contributed by atoms with Crippen molar-refractivity contribution in [1.29, 1.82) is 0 Å². The SMILES string of the molecule is COc1cc(F)ccc1Nc1cn[nH]c1. The lowest BCUT2D eigenvalue weighted by Crippen LogP contribution is -1.94. The summed E-state index contributed by atoms with van der Waals surface area (Å²) in [4.78, 5) is 0. The highest BCUT2D eigenvalue weighted by atomic mass is 19.1. The molecule has 0 unspecified atom stereocenters. The van der Waals surface area contributed by atoms with Crippen LogP contribution < -0.4 is 10.1 Å². The summed E-state index contributed by atoms with van der Waals surface area (Å²) >= 11 is 0. The van der Waals surface area contributed by atoms with E-state index in [0.717, 1.165) is 5.69 Å². The number of anilines is 2. The molecule has 0 atom stereocenters. The number of hydrogen-bond donors (Lipinski definition) is 2. The van der Waals surface area contributed by atoms with Crippen LogP contribution in [0.15, 0.2) is 30.6 Å². The number of benzene rings is 1. The molecule has 15 heavy (non-hydrogen) atoms. The van der Waals surface area contributed by atoms with Crippen LogP contribution >= 0.6 is 0 Å². The van der Waals surface area contributed by atoms with Crippen LogP contribution in [0, 0.1) is 5.82 Å². The van der Waals surface area contributed by atoms with Gasteiger partial charge in [-0.2, -0.15) is 5.10 Å². The number of methoxy groups -OCH3 is 1. The number of aromatic nitrogens is 2. The molecule has 2 rings (SSSR count). The Morgan fingerprint density at radius 2 is 2.33 bits per heavy atom. The van der Waals surface area contributed by atoms with Crippen molar-refractivity contribution in [3.8, 4) is 5.75 Å². The van der Waals surface area contributed by atoms with Gasteiger partial charge in [0.2, 0.25) is 0 Å². The van der Waals surface area contributed by atoms with E-state index in [1.807, 2.05) is 0 Å². The van der Waals surface area contributed by atoms with Crippen molar-refractivity contribution in [2.75, 3.05) is 12.4 Å². The standard InChI is InChI=1S/C10H10FN3O/c1-15-10-4-7(11)2-3-9(10)14-8-5-12-13-6-8/h2-6,14H,1H3,(H,12,13). The van der Waals surface area contributed by atoms with Crippen molar-refractivity contribution in [2.24, 2.45) is 0 Å². The van der Waals surface area contributed by atoms with Gasteiger partial charge in [0.15, 0.2) is 0 Å². The van der Waals surface area contributed by atoms with Crippen molar-refractivity contribution in [2.45, 2.75) is 0 Å². The third-order valence-electron chi connectivity index (χ3n) is 1.94. The van der Waals surface area contributed by atoms with Gasteiger partial charge in [0.25, 0.3) is 0 Å². The molecule has 0 aliphatic heterocycles. The molecular weight excluding hydrogens is 197 g/mol. The number of H-pyrrole nitrogens is 1. The quantitative estimate of drug-likeness (QED) is 0.811. The summed E-state index contributed by atoms with van der Waals surface area (Å²) in [6.07, 6.45) is 3.32. The highest BCUT2D eigenvalue weighted by Gasteiger charge is 2.04. The number of nitrogens with one attached hydrogen (secondary N) is 2. The average molecular weight is 207 g/mol. The van der Waals surface area contributed by atoms with Gasteiger partial charge in [-0.15, -0.1) is 0 Å². The van der Waals surface area contributed by atoms with Crippen LogP contribution in [0.25, 0.3) is 0 Å². The van der Waals surface area contributed by atoms with Crippen molar-refractivity contribution in [3.05, 3.63) is 36.4 Å². The van der Waals surface area contributed by atoms with Crippen molar-refractivity contribution >= 4 is 11.4 Å². The smallest absolute Gasteiger partial charge is 0.145 e. The molecule has 0 bridgehead atoms. The van der Waals surface area contributed by atoms with Gasteiger partial charge in [-0.1, -0.05) is 0 Å². The zero-order valence-corrected chi connectivity index (χ0v) is 8.12. The molecule has 0 saturated carbocycles. The first-order valence-electron chi connectivity index (χ1n) is 4.39. The van der Waals surface area contributed by atoms with E-state index in [2.05, 4.69) is 15.5 Å². The Bertz CT molecular complexity index is 442. The third kappa shape index (κ3) is 2.07. The Labute approximate surface area is 86.1 Å². The highest BCUT2D eigenvalue weighted by Crippen LogP contribution is 2.27. The summed E-state index contributed by atoms with van der Waals surface area (Å²) < 4.78 is 17.9. The molecule has 1 aromatic heterocycles. The Morgan fingerprint density at radius 1 is 1.47 bits per heavy atom. The summed E-state index contributed by atoms with van der Waals surface area (Å²) in [5.41, 5.74) is 1.49. The van der Waals surface area contributed by atoms with E-state index in [-0.39, 0.29) is 5.82 Å². The van der Waals surface area contributed by atoms with Crippen LogP contribution in [0.4, 0.5) is 15.8 Å². The Hall–Kier alpha value is -2.04. The van der Waals surface area contributed by atoms with Crippen LogP contribution in [0.2, 0.25) is 0 Å². The van der Waals surface area contributed by atoms with Crippen LogP contribution in [-0.2, 0) is 0 Å². The normalized spacial score (nSPS) is 10.0. The van der Waals surface area contributed by atoms with Gasteiger partial charge in [-0.3, -0.25) is 5.10 Å². The predicted molar refractivity (Wildman–Crippen MR) is 54.8 cm³/mol. The number of rotatable bonds is 3. The summed E-state index contributed by atoms with van der Waals surface area (Å²) in [5.74, 6) is 0.126. The van der Waals surface area contributed by atoms with Gasteiger partial charge in [0.05, 0.1) is 24.7 Å². The van der Waals surface area contributed by atoms with Crippen LogP contribution in [-0.4, -0.2) is 17.3 Å². The molecule has 1 aromatic carbocycles. The minimum Gasteiger partial charge on any atom is -0.494 e. The zero-order valence-electron chi connectivity index (χ0n) is 8.12.